The van der Waals surface area contributed by atoms with Gasteiger partial charge in [-0.1, -0.05) is 0 Å². The number of hydrogen-bond acceptors (Lipinski definition) is 6. The average molecular weight is 354 g/mol. The van der Waals surface area contributed by atoms with Crippen molar-refractivity contribution in [2.24, 2.45) is 0 Å². The third kappa shape index (κ3) is 6.18. The Hall–Kier alpha value is -0.730. The van der Waals surface area contributed by atoms with Crippen molar-refractivity contribution in [2.45, 2.75) is 18.9 Å². The van der Waals surface area contributed by atoms with Gasteiger partial charge in [-0.25, -0.2) is 0 Å². The number of carbonyl (C=O) groups excluding carboxylic acids is 1. The molecule has 0 aromatic heterocycles. The van der Waals surface area contributed by atoms with Crippen molar-refractivity contribution in [3.8, 4) is 0 Å². The van der Waals surface area contributed by atoms with Gasteiger partial charge in [0.1, 0.15) is 0 Å². The Morgan fingerprint density at radius 1 is 0.960 bits per heavy atom. The number of ether oxygens (including phenoxy) is 1. The van der Waals surface area contributed by atoms with Crippen LogP contribution < -0.4 is 5.32 Å². The molecule has 0 unspecified atom stereocenters. The molecule has 0 aliphatic carbocycles. The molecular formula is C18H35N5O2. The van der Waals surface area contributed by atoms with Gasteiger partial charge in [0.15, 0.2) is 0 Å². The lowest BCUT2D eigenvalue weighted by atomic mass is 10.0. The second-order valence-corrected chi connectivity index (χ2v) is 7.64. The number of rotatable bonds is 6. The maximum atomic E-state index is 12.5. The van der Waals surface area contributed by atoms with Crippen LogP contribution in [0, 0.1) is 0 Å². The summed E-state index contributed by atoms with van der Waals surface area (Å²) in [7, 11) is 2.15. The van der Waals surface area contributed by atoms with Crippen LogP contribution in [-0.2, 0) is 9.53 Å². The number of hydrogen-bond donors (Lipinski definition) is 1. The summed E-state index contributed by atoms with van der Waals surface area (Å²) in [6.07, 6.45) is 2.16. The number of piperidine rings is 1. The first kappa shape index (κ1) is 19.0. The van der Waals surface area contributed by atoms with Gasteiger partial charge in [-0.2, -0.15) is 0 Å². The Morgan fingerprint density at radius 3 is 2.32 bits per heavy atom. The maximum absolute atomic E-state index is 12.5. The molecule has 144 valence electrons. The Labute approximate surface area is 152 Å². The minimum absolute atomic E-state index is 0.316. The SMILES string of the molecule is CN1CCN(CC(=O)N2CCC(NCCN3CCOCC3)CC2)CC1. The van der Waals surface area contributed by atoms with Crippen molar-refractivity contribution >= 4 is 5.91 Å². The van der Waals surface area contributed by atoms with Crippen LogP contribution in [0.3, 0.4) is 0 Å². The zero-order valence-corrected chi connectivity index (χ0v) is 15.8. The highest BCUT2D eigenvalue weighted by Crippen LogP contribution is 2.11. The standard InChI is InChI=1S/C18H35N5O2/c1-20-8-10-22(11-9-20)16-18(24)23-5-2-17(3-6-23)19-4-7-21-12-14-25-15-13-21/h17,19H,2-16H2,1H3. The molecule has 0 bridgehead atoms. The summed E-state index contributed by atoms with van der Waals surface area (Å²) in [4.78, 5) is 21.7. The largest absolute Gasteiger partial charge is 0.379 e. The Morgan fingerprint density at radius 2 is 1.64 bits per heavy atom. The first-order chi connectivity index (χ1) is 12.2. The molecule has 0 atom stereocenters. The summed E-state index contributed by atoms with van der Waals surface area (Å²) in [5, 5.41) is 3.68. The smallest absolute Gasteiger partial charge is 0.236 e. The van der Waals surface area contributed by atoms with Gasteiger partial charge in [-0.15, -0.1) is 0 Å². The molecule has 3 aliphatic rings. The molecule has 1 amide bonds. The number of piperazine rings is 1. The first-order valence-corrected chi connectivity index (χ1v) is 9.93. The molecule has 3 rings (SSSR count). The minimum Gasteiger partial charge on any atom is -0.379 e. The average Bonchev–Trinajstić information content (AvgIpc) is 2.65. The zero-order valence-electron chi connectivity index (χ0n) is 15.8. The number of likely N-dealkylation sites (tertiary alicyclic amines) is 1. The van der Waals surface area contributed by atoms with Gasteiger partial charge in [0.2, 0.25) is 5.91 Å². The Bertz CT molecular complexity index is 400. The van der Waals surface area contributed by atoms with Crippen LogP contribution in [0.5, 0.6) is 0 Å². The molecule has 0 aromatic carbocycles. The van der Waals surface area contributed by atoms with E-state index in [-0.39, 0.29) is 0 Å². The molecular weight excluding hydrogens is 318 g/mol. The third-order valence-electron chi connectivity index (χ3n) is 5.77. The van der Waals surface area contributed by atoms with Crippen molar-refractivity contribution in [3.05, 3.63) is 0 Å². The highest BCUT2D eigenvalue weighted by Gasteiger charge is 2.25. The van der Waals surface area contributed by atoms with Gasteiger partial charge in [-0.05, 0) is 19.9 Å². The maximum Gasteiger partial charge on any atom is 0.236 e. The van der Waals surface area contributed by atoms with Crippen LogP contribution in [0.15, 0.2) is 0 Å². The van der Waals surface area contributed by atoms with E-state index in [2.05, 4.69) is 32.0 Å². The summed E-state index contributed by atoms with van der Waals surface area (Å²) >= 11 is 0. The summed E-state index contributed by atoms with van der Waals surface area (Å²) in [5.41, 5.74) is 0. The van der Waals surface area contributed by atoms with E-state index in [9.17, 15) is 4.79 Å². The topological polar surface area (TPSA) is 51.3 Å². The molecule has 0 spiro atoms. The fraction of sp³-hybridized carbons (Fsp3) is 0.944. The molecule has 0 aromatic rings. The van der Waals surface area contributed by atoms with Crippen molar-refractivity contribution in [3.63, 3.8) is 0 Å². The van der Waals surface area contributed by atoms with Gasteiger partial charge < -0.3 is 19.9 Å². The molecule has 3 saturated heterocycles. The minimum atomic E-state index is 0.316. The van der Waals surface area contributed by atoms with Gasteiger partial charge in [-0.3, -0.25) is 14.6 Å². The zero-order chi connectivity index (χ0) is 17.5. The fourth-order valence-corrected chi connectivity index (χ4v) is 3.88. The molecule has 7 nitrogen and oxygen atoms in total. The third-order valence-corrected chi connectivity index (χ3v) is 5.77. The van der Waals surface area contributed by atoms with E-state index < -0.39 is 0 Å². The predicted molar refractivity (Wildman–Crippen MR) is 98.8 cm³/mol. The molecule has 7 heteroatoms. The molecule has 0 saturated carbocycles. The van der Waals surface area contributed by atoms with Crippen LogP contribution in [0.25, 0.3) is 0 Å². The lowest BCUT2D eigenvalue weighted by Crippen LogP contribution is -2.51. The van der Waals surface area contributed by atoms with Gasteiger partial charge in [0.25, 0.3) is 0 Å². The van der Waals surface area contributed by atoms with E-state index in [0.717, 1.165) is 91.5 Å². The van der Waals surface area contributed by atoms with E-state index in [0.29, 0.717) is 18.5 Å². The Balaban J connectivity index is 1.28. The second kappa shape index (κ2) is 9.83. The van der Waals surface area contributed by atoms with Crippen LogP contribution in [0.4, 0.5) is 0 Å². The molecule has 1 N–H and O–H groups in total. The summed E-state index contributed by atoms with van der Waals surface area (Å²) < 4.78 is 5.38. The lowest BCUT2D eigenvalue weighted by molar-refractivity contribution is -0.133. The number of nitrogens with one attached hydrogen (secondary N) is 1. The van der Waals surface area contributed by atoms with E-state index in [1.807, 2.05) is 0 Å². The normalized spacial score (nSPS) is 25.4. The number of nitrogens with zero attached hydrogens (tertiary/aromatic N) is 4. The number of amides is 1. The van der Waals surface area contributed by atoms with Crippen molar-refractivity contribution in [1.82, 2.24) is 24.9 Å². The van der Waals surface area contributed by atoms with Crippen LogP contribution in [-0.4, -0.2) is 124 Å². The molecule has 25 heavy (non-hydrogen) atoms. The van der Waals surface area contributed by atoms with Gasteiger partial charge >= 0.3 is 0 Å². The highest BCUT2D eigenvalue weighted by atomic mass is 16.5. The summed E-state index contributed by atoms with van der Waals surface area (Å²) in [5.74, 6) is 0.316. The number of morpholine rings is 1. The predicted octanol–water partition coefficient (Wildman–Crippen LogP) is -0.853. The van der Waals surface area contributed by atoms with Crippen molar-refractivity contribution in [2.75, 3.05) is 92.3 Å². The Kier molecular flexibility index (Phi) is 7.49. The van der Waals surface area contributed by atoms with Gasteiger partial charge in [0, 0.05) is 71.5 Å². The first-order valence-electron chi connectivity index (χ1n) is 9.93. The molecule has 3 aliphatic heterocycles. The monoisotopic (exact) mass is 353 g/mol. The fourth-order valence-electron chi connectivity index (χ4n) is 3.88. The van der Waals surface area contributed by atoms with E-state index in [1.165, 1.54) is 0 Å². The lowest BCUT2D eigenvalue weighted by Gasteiger charge is -2.36. The van der Waals surface area contributed by atoms with Crippen LogP contribution in [0.1, 0.15) is 12.8 Å². The van der Waals surface area contributed by atoms with Crippen LogP contribution >= 0.6 is 0 Å². The second-order valence-electron chi connectivity index (χ2n) is 7.64. The molecule has 3 heterocycles. The van der Waals surface area contributed by atoms with Crippen molar-refractivity contribution < 1.29 is 9.53 Å². The quantitative estimate of drug-likeness (QED) is 0.671. The molecule has 3 fully saturated rings. The highest BCUT2D eigenvalue weighted by molar-refractivity contribution is 5.78. The van der Waals surface area contributed by atoms with E-state index >= 15 is 0 Å². The molecule has 0 radical (unpaired) electrons. The summed E-state index contributed by atoms with van der Waals surface area (Å²) in [6, 6.07) is 0.564. The number of carbonyl (C=O) groups is 1. The van der Waals surface area contributed by atoms with Crippen LogP contribution in [0.2, 0.25) is 0 Å². The summed E-state index contributed by atoms with van der Waals surface area (Å²) in [6.45, 7) is 12.6. The van der Waals surface area contributed by atoms with Crippen molar-refractivity contribution in [1.29, 1.82) is 0 Å². The van der Waals surface area contributed by atoms with Gasteiger partial charge in [0.05, 0.1) is 19.8 Å². The van der Waals surface area contributed by atoms with E-state index in [1.54, 1.807) is 0 Å². The van der Waals surface area contributed by atoms with E-state index in [4.69, 9.17) is 4.74 Å². The number of likely N-dealkylation sites (N-methyl/N-ethyl adjacent to an activating group) is 1.